The zero-order valence-corrected chi connectivity index (χ0v) is 16.3. The van der Waals surface area contributed by atoms with Crippen LogP contribution in [0.3, 0.4) is 0 Å². The van der Waals surface area contributed by atoms with E-state index in [1.807, 2.05) is 37.3 Å². The van der Waals surface area contributed by atoms with Crippen LogP contribution in [0.1, 0.15) is 27.0 Å². The van der Waals surface area contributed by atoms with E-state index in [4.69, 9.17) is 18.9 Å². The molecule has 2 aromatic rings. The van der Waals surface area contributed by atoms with Crippen LogP contribution in [0, 0.1) is 6.92 Å². The highest BCUT2D eigenvalue weighted by atomic mass is 16.5. The van der Waals surface area contributed by atoms with Crippen LogP contribution in [0.25, 0.3) is 6.08 Å². The fourth-order valence-electron chi connectivity index (χ4n) is 3.52. The Balaban J connectivity index is 1.68. The van der Waals surface area contributed by atoms with Crippen LogP contribution in [-0.2, 0) is 11.3 Å². The molecule has 4 rings (SSSR count). The maximum absolute atomic E-state index is 13.0. The first-order chi connectivity index (χ1) is 13.6. The number of allylic oxidation sites excluding steroid dienone is 1. The van der Waals surface area contributed by atoms with Crippen LogP contribution < -0.4 is 14.2 Å². The van der Waals surface area contributed by atoms with Crippen molar-refractivity contribution in [1.29, 1.82) is 0 Å². The Bertz CT molecular complexity index is 950. The Morgan fingerprint density at radius 1 is 1.25 bits per heavy atom. The summed E-state index contributed by atoms with van der Waals surface area (Å²) in [6.07, 6.45) is 1.75. The SMILES string of the molecule is COCCN1COc2cc(C)c3c(c2C1)O/C(=C\c1cccc(OC)c1)C3=O. The molecule has 0 saturated carbocycles. The van der Waals surface area contributed by atoms with E-state index in [0.29, 0.717) is 37.0 Å². The second-order valence-electron chi connectivity index (χ2n) is 6.91. The molecule has 0 spiro atoms. The Kier molecular flexibility index (Phi) is 5.07. The predicted molar refractivity (Wildman–Crippen MR) is 105 cm³/mol. The van der Waals surface area contributed by atoms with Gasteiger partial charge in [-0.25, -0.2) is 0 Å². The van der Waals surface area contributed by atoms with E-state index >= 15 is 0 Å². The third kappa shape index (κ3) is 3.37. The van der Waals surface area contributed by atoms with Crippen LogP contribution >= 0.6 is 0 Å². The smallest absolute Gasteiger partial charge is 0.232 e. The number of benzene rings is 2. The lowest BCUT2D eigenvalue weighted by molar-refractivity contribution is 0.0646. The number of hydrogen-bond acceptors (Lipinski definition) is 6. The second-order valence-corrected chi connectivity index (χ2v) is 6.91. The van der Waals surface area contributed by atoms with Gasteiger partial charge in [0.15, 0.2) is 5.76 Å². The van der Waals surface area contributed by atoms with Gasteiger partial charge in [-0.3, -0.25) is 9.69 Å². The minimum absolute atomic E-state index is 0.105. The molecule has 146 valence electrons. The first-order valence-corrected chi connectivity index (χ1v) is 9.19. The van der Waals surface area contributed by atoms with Gasteiger partial charge in [0.1, 0.15) is 24.0 Å². The number of nitrogens with zero attached hydrogens (tertiary/aromatic N) is 1. The maximum atomic E-state index is 13.0. The van der Waals surface area contributed by atoms with E-state index in [1.54, 1.807) is 20.3 Å². The van der Waals surface area contributed by atoms with Crippen LogP contribution in [0.2, 0.25) is 0 Å². The topological polar surface area (TPSA) is 57.2 Å². The minimum atomic E-state index is -0.105. The lowest BCUT2D eigenvalue weighted by Crippen LogP contribution is -2.34. The summed E-state index contributed by atoms with van der Waals surface area (Å²) in [4.78, 5) is 15.1. The first kappa shape index (κ1) is 18.5. The van der Waals surface area contributed by atoms with Crippen molar-refractivity contribution in [2.45, 2.75) is 13.5 Å². The van der Waals surface area contributed by atoms with E-state index in [1.165, 1.54) is 0 Å². The zero-order valence-electron chi connectivity index (χ0n) is 16.3. The first-order valence-electron chi connectivity index (χ1n) is 9.19. The average Bonchev–Trinajstić information content (AvgIpc) is 3.04. The summed E-state index contributed by atoms with van der Waals surface area (Å²) < 4.78 is 22.4. The summed E-state index contributed by atoms with van der Waals surface area (Å²) in [5.74, 6) is 2.32. The summed E-state index contributed by atoms with van der Waals surface area (Å²) in [5.41, 5.74) is 3.23. The van der Waals surface area contributed by atoms with Crippen molar-refractivity contribution < 1.29 is 23.7 Å². The van der Waals surface area contributed by atoms with Gasteiger partial charge in [0.2, 0.25) is 5.78 Å². The largest absolute Gasteiger partial charge is 0.497 e. The number of methoxy groups -OCH3 is 2. The summed E-state index contributed by atoms with van der Waals surface area (Å²) in [5, 5.41) is 0. The molecule has 6 heteroatoms. The molecule has 2 heterocycles. The number of ether oxygens (including phenoxy) is 4. The van der Waals surface area contributed by atoms with Gasteiger partial charge in [0, 0.05) is 20.2 Å². The van der Waals surface area contributed by atoms with Crippen molar-refractivity contribution in [2.75, 3.05) is 34.1 Å². The van der Waals surface area contributed by atoms with Crippen molar-refractivity contribution in [1.82, 2.24) is 4.90 Å². The predicted octanol–water partition coefficient (Wildman–Crippen LogP) is 3.42. The summed E-state index contributed by atoms with van der Waals surface area (Å²) >= 11 is 0. The van der Waals surface area contributed by atoms with Crippen LogP contribution in [0.5, 0.6) is 17.2 Å². The Labute approximate surface area is 164 Å². The molecule has 0 unspecified atom stereocenters. The standard InChI is InChI=1S/C22H23NO5/c1-14-9-18-17(12-23(13-27-18)7-8-25-2)22-20(14)21(24)19(28-22)11-15-5-4-6-16(10-15)26-3/h4-6,9-11H,7-8,12-13H2,1-3H3/b19-11-. The Morgan fingerprint density at radius 2 is 2.11 bits per heavy atom. The molecular formula is C22H23NO5. The molecule has 28 heavy (non-hydrogen) atoms. The van der Waals surface area contributed by atoms with Gasteiger partial charge in [-0.05, 0) is 42.3 Å². The Hall–Kier alpha value is -2.83. The fourth-order valence-corrected chi connectivity index (χ4v) is 3.52. The number of aryl methyl sites for hydroxylation is 1. The van der Waals surface area contributed by atoms with Gasteiger partial charge in [-0.2, -0.15) is 0 Å². The third-order valence-electron chi connectivity index (χ3n) is 4.99. The Morgan fingerprint density at radius 3 is 2.89 bits per heavy atom. The van der Waals surface area contributed by atoms with Crippen molar-refractivity contribution in [3.8, 4) is 17.2 Å². The highest BCUT2D eigenvalue weighted by Gasteiger charge is 2.35. The van der Waals surface area contributed by atoms with Crippen molar-refractivity contribution >= 4 is 11.9 Å². The summed E-state index contributed by atoms with van der Waals surface area (Å²) in [6.45, 7) is 4.43. The van der Waals surface area contributed by atoms with E-state index in [9.17, 15) is 4.79 Å². The molecule has 2 aromatic carbocycles. The molecular weight excluding hydrogens is 358 g/mol. The van der Waals surface area contributed by atoms with Crippen molar-refractivity contribution in [3.63, 3.8) is 0 Å². The van der Waals surface area contributed by atoms with E-state index in [-0.39, 0.29) is 5.78 Å². The number of hydrogen-bond donors (Lipinski definition) is 0. The second kappa shape index (κ2) is 7.66. The summed E-state index contributed by atoms with van der Waals surface area (Å²) in [6, 6.07) is 9.45. The number of ketones is 1. The van der Waals surface area contributed by atoms with Gasteiger partial charge in [0.25, 0.3) is 0 Å². The van der Waals surface area contributed by atoms with Gasteiger partial charge in [-0.1, -0.05) is 12.1 Å². The molecule has 0 atom stereocenters. The lowest BCUT2D eigenvalue weighted by Gasteiger charge is -2.29. The zero-order chi connectivity index (χ0) is 19.7. The molecule has 0 amide bonds. The summed E-state index contributed by atoms with van der Waals surface area (Å²) in [7, 11) is 3.29. The minimum Gasteiger partial charge on any atom is -0.497 e. The number of carbonyl (C=O) groups excluding carboxylic acids is 1. The van der Waals surface area contributed by atoms with Crippen molar-refractivity contribution in [3.05, 3.63) is 58.3 Å². The van der Waals surface area contributed by atoms with Gasteiger partial charge >= 0.3 is 0 Å². The molecule has 2 aliphatic heterocycles. The molecule has 0 bridgehead atoms. The third-order valence-corrected chi connectivity index (χ3v) is 4.99. The molecule has 2 aliphatic rings. The highest BCUT2D eigenvalue weighted by Crippen LogP contribution is 2.44. The molecule has 0 aromatic heterocycles. The molecule has 0 saturated heterocycles. The van der Waals surface area contributed by atoms with Crippen molar-refractivity contribution in [2.24, 2.45) is 0 Å². The van der Waals surface area contributed by atoms with E-state index in [0.717, 1.165) is 34.7 Å². The molecule has 0 N–H and O–H groups in total. The number of rotatable bonds is 5. The van der Waals surface area contributed by atoms with Gasteiger partial charge < -0.3 is 18.9 Å². The fraction of sp³-hybridized carbons (Fsp3) is 0.318. The number of Topliss-reactive ketones (excluding diaryl/α,β-unsaturated/α-hetero) is 1. The van der Waals surface area contributed by atoms with E-state index in [2.05, 4.69) is 4.90 Å². The van der Waals surface area contributed by atoms with Gasteiger partial charge in [-0.15, -0.1) is 0 Å². The number of carbonyl (C=O) groups is 1. The van der Waals surface area contributed by atoms with E-state index < -0.39 is 0 Å². The average molecular weight is 381 g/mol. The highest BCUT2D eigenvalue weighted by molar-refractivity contribution is 6.15. The monoisotopic (exact) mass is 381 g/mol. The molecule has 0 fully saturated rings. The molecule has 0 radical (unpaired) electrons. The quantitative estimate of drug-likeness (QED) is 0.740. The molecule has 6 nitrogen and oxygen atoms in total. The normalized spacial score (nSPS) is 17.1. The lowest BCUT2D eigenvalue weighted by atomic mass is 9.98. The van der Waals surface area contributed by atoms with Crippen LogP contribution in [0.4, 0.5) is 0 Å². The number of fused-ring (bicyclic) bond motifs is 3. The molecule has 0 aliphatic carbocycles. The maximum Gasteiger partial charge on any atom is 0.232 e. The van der Waals surface area contributed by atoms with Gasteiger partial charge in [0.05, 0.1) is 24.8 Å². The van der Waals surface area contributed by atoms with Crippen LogP contribution in [-0.4, -0.2) is 44.8 Å². The van der Waals surface area contributed by atoms with Crippen LogP contribution in [0.15, 0.2) is 36.1 Å².